The maximum Gasteiger partial charge on any atom is 0.410 e. The van der Waals surface area contributed by atoms with Gasteiger partial charge in [0.05, 0.1) is 18.2 Å². The Morgan fingerprint density at radius 2 is 1.84 bits per heavy atom. The minimum Gasteiger partial charge on any atom is -0.465 e. The summed E-state index contributed by atoms with van der Waals surface area (Å²) in [4.78, 5) is 46.3. The van der Waals surface area contributed by atoms with Crippen molar-refractivity contribution in [3.05, 3.63) is 70.9 Å². The second-order valence-electron chi connectivity index (χ2n) is 9.57. The molecule has 0 spiro atoms. The van der Waals surface area contributed by atoms with Gasteiger partial charge in [-0.05, 0) is 68.7 Å². The number of anilines is 4. The highest BCUT2D eigenvalue weighted by Crippen LogP contribution is 2.26. The van der Waals surface area contributed by atoms with Crippen LogP contribution in [0.2, 0.25) is 0 Å². The Morgan fingerprint density at radius 3 is 2.57 bits per heavy atom. The molecule has 3 aromatic rings. The number of methoxy groups -OCH3 is 1. The molecular formula is C27H29N5O5. The first kappa shape index (κ1) is 25.6. The highest BCUT2D eigenvalue weighted by molar-refractivity contribution is 5.91. The normalized spacial score (nSPS) is 12.8. The molecule has 1 aromatic heterocycles. The number of aldehydes is 1. The fourth-order valence-corrected chi connectivity index (χ4v) is 3.86. The third-order valence-corrected chi connectivity index (χ3v) is 5.62. The molecule has 0 unspecified atom stereocenters. The zero-order chi connectivity index (χ0) is 26.6. The number of esters is 1. The van der Waals surface area contributed by atoms with Crippen LogP contribution >= 0.6 is 0 Å². The van der Waals surface area contributed by atoms with Gasteiger partial charge in [-0.2, -0.15) is 4.98 Å². The van der Waals surface area contributed by atoms with E-state index in [1.54, 1.807) is 29.2 Å². The lowest BCUT2D eigenvalue weighted by atomic mass is 9.99. The molecule has 192 valence electrons. The third-order valence-electron chi connectivity index (χ3n) is 5.62. The average Bonchev–Trinajstić information content (AvgIpc) is 2.87. The number of nitrogens with zero attached hydrogens (tertiary/aromatic N) is 3. The zero-order valence-corrected chi connectivity index (χ0v) is 21.2. The van der Waals surface area contributed by atoms with Gasteiger partial charge in [-0.25, -0.2) is 14.6 Å². The average molecular weight is 504 g/mol. The van der Waals surface area contributed by atoms with Crippen molar-refractivity contribution in [1.29, 1.82) is 0 Å². The van der Waals surface area contributed by atoms with Crippen molar-refractivity contribution in [3.8, 4) is 0 Å². The summed E-state index contributed by atoms with van der Waals surface area (Å²) in [6.07, 6.45) is 2.46. The van der Waals surface area contributed by atoms with Gasteiger partial charge in [0.15, 0.2) is 6.29 Å². The number of ether oxygens (including phenoxy) is 2. The number of benzene rings is 2. The second kappa shape index (κ2) is 10.7. The first-order valence-electron chi connectivity index (χ1n) is 11.8. The summed E-state index contributed by atoms with van der Waals surface area (Å²) < 4.78 is 10.3. The summed E-state index contributed by atoms with van der Waals surface area (Å²) in [5.41, 5.74) is 3.61. The van der Waals surface area contributed by atoms with Gasteiger partial charge in [0.1, 0.15) is 11.4 Å². The lowest BCUT2D eigenvalue weighted by molar-refractivity contribution is 0.0223. The third kappa shape index (κ3) is 6.40. The number of carbonyl (C=O) groups is 3. The van der Waals surface area contributed by atoms with Crippen LogP contribution in [-0.2, 0) is 22.4 Å². The lowest BCUT2D eigenvalue weighted by Gasteiger charge is -2.31. The first-order chi connectivity index (χ1) is 17.6. The van der Waals surface area contributed by atoms with Gasteiger partial charge in [-0.3, -0.25) is 4.79 Å². The molecule has 2 N–H and O–H groups in total. The van der Waals surface area contributed by atoms with Crippen LogP contribution in [0, 0.1) is 0 Å². The highest BCUT2D eigenvalue weighted by atomic mass is 16.6. The minimum atomic E-state index is -0.539. The first-order valence-corrected chi connectivity index (χ1v) is 11.8. The van der Waals surface area contributed by atoms with E-state index in [-0.39, 0.29) is 11.7 Å². The number of hydrogen-bond donors (Lipinski definition) is 2. The van der Waals surface area contributed by atoms with E-state index in [0.29, 0.717) is 48.8 Å². The van der Waals surface area contributed by atoms with Crippen molar-refractivity contribution < 1.29 is 23.9 Å². The monoisotopic (exact) mass is 503 g/mol. The topological polar surface area (TPSA) is 123 Å². The second-order valence-corrected chi connectivity index (χ2v) is 9.57. The highest BCUT2D eigenvalue weighted by Gasteiger charge is 2.25. The van der Waals surface area contributed by atoms with E-state index < -0.39 is 11.6 Å². The molecule has 1 aliphatic heterocycles. The number of hydrogen-bond acceptors (Lipinski definition) is 9. The van der Waals surface area contributed by atoms with E-state index in [9.17, 15) is 14.4 Å². The van der Waals surface area contributed by atoms with Gasteiger partial charge in [0, 0.05) is 30.7 Å². The molecule has 10 nitrogen and oxygen atoms in total. The van der Waals surface area contributed by atoms with Crippen LogP contribution in [0.25, 0.3) is 0 Å². The number of aromatic nitrogens is 2. The molecule has 1 amide bonds. The summed E-state index contributed by atoms with van der Waals surface area (Å²) in [5.74, 6) is 0.120. The van der Waals surface area contributed by atoms with E-state index in [0.717, 1.165) is 16.8 Å². The molecule has 0 saturated carbocycles. The van der Waals surface area contributed by atoms with Crippen LogP contribution in [0.15, 0.2) is 48.7 Å². The molecule has 37 heavy (non-hydrogen) atoms. The molecule has 2 aromatic carbocycles. The standard InChI is InChI=1S/C27H29N5O5/c1-27(2,3)37-26(35)32-11-10-17-12-22(9-8-19(17)15-32)30-25-28-14-20(16-33)23(31-25)29-21-7-5-6-18(13-21)24(34)36-4/h5-9,12-14,16H,10-11,15H2,1-4H3,(H2,28,29,30,31). The Bertz CT molecular complexity index is 1340. The number of fused-ring (bicyclic) bond motifs is 1. The smallest absolute Gasteiger partial charge is 0.410 e. The predicted molar refractivity (Wildman–Crippen MR) is 139 cm³/mol. The van der Waals surface area contributed by atoms with E-state index >= 15 is 0 Å². The lowest BCUT2D eigenvalue weighted by Crippen LogP contribution is -2.39. The van der Waals surface area contributed by atoms with Crippen LogP contribution in [0.4, 0.5) is 27.9 Å². The SMILES string of the molecule is COC(=O)c1cccc(Nc2nc(Nc3ccc4c(c3)CCN(C(=O)OC(C)(C)C)C4)ncc2C=O)c1. The van der Waals surface area contributed by atoms with E-state index in [1.807, 2.05) is 39.0 Å². The molecule has 0 saturated heterocycles. The predicted octanol–water partition coefficient (Wildman–Crippen LogP) is 4.86. The van der Waals surface area contributed by atoms with E-state index in [4.69, 9.17) is 9.47 Å². The van der Waals surface area contributed by atoms with Crippen molar-refractivity contribution in [1.82, 2.24) is 14.9 Å². The largest absolute Gasteiger partial charge is 0.465 e. The minimum absolute atomic E-state index is 0.265. The van der Waals surface area contributed by atoms with Crippen molar-refractivity contribution in [2.45, 2.75) is 39.3 Å². The Hall–Kier alpha value is -4.47. The zero-order valence-electron chi connectivity index (χ0n) is 21.2. The maximum absolute atomic E-state index is 12.4. The van der Waals surface area contributed by atoms with Gasteiger partial charge >= 0.3 is 12.1 Å². The quantitative estimate of drug-likeness (QED) is 0.359. The number of rotatable bonds is 6. The van der Waals surface area contributed by atoms with Gasteiger partial charge in [0.25, 0.3) is 0 Å². The summed E-state index contributed by atoms with van der Waals surface area (Å²) in [5, 5.41) is 6.25. The fraction of sp³-hybridized carbons (Fsp3) is 0.296. The Labute approximate surface area is 215 Å². The molecule has 4 rings (SSSR count). The Morgan fingerprint density at radius 1 is 1.05 bits per heavy atom. The van der Waals surface area contributed by atoms with Gasteiger partial charge in [0.2, 0.25) is 5.95 Å². The molecule has 0 fully saturated rings. The van der Waals surface area contributed by atoms with Crippen LogP contribution in [0.3, 0.4) is 0 Å². The van der Waals surface area contributed by atoms with Crippen LogP contribution in [0.5, 0.6) is 0 Å². The van der Waals surface area contributed by atoms with Crippen molar-refractivity contribution in [2.24, 2.45) is 0 Å². The van der Waals surface area contributed by atoms with Crippen LogP contribution in [0.1, 0.15) is 52.6 Å². The number of carbonyl (C=O) groups excluding carboxylic acids is 3. The van der Waals surface area contributed by atoms with Crippen molar-refractivity contribution in [2.75, 3.05) is 24.3 Å². The van der Waals surface area contributed by atoms with Crippen LogP contribution < -0.4 is 10.6 Å². The molecule has 0 aliphatic carbocycles. The Balaban J connectivity index is 1.49. The summed E-state index contributed by atoms with van der Waals surface area (Å²) in [6, 6.07) is 12.6. The van der Waals surface area contributed by atoms with Gasteiger partial charge in [-0.15, -0.1) is 0 Å². The molecule has 2 heterocycles. The number of nitrogens with one attached hydrogen (secondary N) is 2. The molecule has 1 aliphatic rings. The number of amides is 1. The molecule has 0 atom stereocenters. The van der Waals surface area contributed by atoms with E-state index in [1.165, 1.54) is 13.3 Å². The molecule has 0 radical (unpaired) electrons. The molecule has 0 bridgehead atoms. The maximum atomic E-state index is 12.4. The van der Waals surface area contributed by atoms with Crippen molar-refractivity contribution in [3.63, 3.8) is 0 Å². The van der Waals surface area contributed by atoms with Gasteiger partial charge < -0.3 is 25.0 Å². The summed E-state index contributed by atoms with van der Waals surface area (Å²) in [7, 11) is 1.31. The molecular weight excluding hydrogens is 474 g/mol. The van der Waals surface area contributed by atoms with Crippen LogP contribution in [-0.4, -0.2) is 52.5 Å². The molecule has 10 heteroatoms. The summed E-state index contributed by atoms with van der Waals surface area (Å²) in [6.45, 7) is 6.60. The Kier molecular flexibility index (Phi) is 7.37. The van der Waals surface area contributed by atoms with Crippen molar-refractivity contribution >= 4 is 41.5 Å². The summed E-state index contributed by atoms with van der Waals surface area (Å²) >= 11 is 0. The van der Waals surface area contributed by atoms with Gasteiger partial charge in [-0.1, -0.05) is 12.1 Å². The fourth-order valence-electron chi connectivity index (χ4n) is 3.86. The van der Waals surface area contributed by atoms with E-state index in [2.05, 4.69) is 20.6 Å².